The largest absolute Gasteiger partial charge is 0.383 e. The fourth-order valence-corrected chi connectivity index (χ4v) is 5.43. The Labute approximate surface area is 182 Å². The van der Waals surface area contributed by atoms with Gasteiger partial charge in [0.1, 0.15) is 28.1 Å². The van der Waals surface area contributed by atoms with Gasteiger partial charge in [-0.1, -0.05) is 17.7 Å². The summed E-state index contributed by atoms with van der Waals surface area (Å²) in [5.74, 6) is -1.23. The van der Waals surface area contributed by atoms with Gasteiger partial charge in [-0.15, -0.1) is 11.8 Å². The summed E-state index contributed by atoms with van der Waals surface area (Å²) in [4.78, 5) is 12.1. The van der Waals surface area contributed by atoms with Gasteiger partial charge in [0.2, 0.25) is 15.7 Å². The minimum absolute atomic E-state index is 0.124. The van der Waals surface area contributed by atoms with Gasteiger partial charge >= 0.3 is 0 Å². The predicted molar refractivity (Wildman–Crippen MR) is 115 cm³/mol. The number of nitrogen functional groups attached to an aromatic ring is 1. The Morgan fingerprint density at radius 2 is 1.93 bits per heavy atom. The highest BCUT2D eigenvalue weighted by atomic mass is 35.5. The smallest absolute Gasteiger partial charge is 0.246 e. The molecule has 0 unspecified atom stereocenters. The lowest BCUT2D eigenvalue weighted by Gasteiger charge is -2.09. The quantitative estimate of drug-likeness (QED) is 0.421. The number of sulfone groups is 1. The maximum Gasteiger partial charge on any atom is 0.246 e. The Hall–Kier alpha value is -2.56. The van der Waals surface area contributed by atoms with E-state index in [9.17, 15) is 17.6 Å². The van der Waals surface area contributed by atoms with Crippen LogP contribution in [-0.2, 0) is 21.2 Å². The fourth-order valence-electron chi connectivity index (χ4n) is 2.72. The molecule has 0 aliphatic rings. The number of amides is 1. The maximum atomic E-state index is 13.2. The highest BCUT2D eigenvalue weighted by Gasteiger charge is 2.29. The summed E-state index contributed by atoms with van der Waals surface area (Å²) >= 11 is 7.20. The molecule has 3 rings (SSSR count). The molecule has 158 valence electrons. The number of aryl methyl sites for hydroxylation is 1. The molecule has 0 saturated heterocycles. The van der Waals surface area contributed by atoms with E-state index in [1.807, 2.05) is 6.92 Å². The molecule has 0 fully saturated rings. The highest BCUT2D eigenvalue weighted by molar-refractivity contribution is 7.99. The van der Waals surface area contributed by atoms with Crippen LogP contribution in [0.2, 0.25) is 5.02 Å². The summed E-state index contributed by atoms with van der Waals surface area (Å²) in [6.45, 7) is 1.55. The number of nitrogens with two attached hydrogens (primary N) is 1. The Morgan fingerprint density at radius 1 is 1.27 bits per heavy atom. The van der Waals surface area contributed by atoms with Crippen molar-refractivity contribution in [3.63, 3.8) is 0 Å². The van der Waals surface area contributed by atoms with Gasteiger partial charge in [0.05, 0.1) is 15.6 Å². The van der Waals surface area contributed by atoms with Gasteiger partial charge in [0.15, 0.2) is 0 Å². The molecule has 0 aliphatic heterocycles. The predicted octanol–water partition coefficient (Wildman–Crippen LogP) is 3.76. The van der Waals surface area contributed by atoms with E-state index in [0.29, 0.717) is 10.7 Å². The van der Waals surface area contributed by atoms with Gasteiger partial charge in [-0.3, -0.25) is 4.79 Å². The molecule has 0 aliphatic carbocycles. The molecule has 1 aromatic heterocycles. The van der Waals surface area contributed by atoms with Crippen LogP contribution in [0.25, 0.3) is 0 Å². The topological polar surface area (TPSA) is 107 Å². The third-order valence-corrected chi connectivity index (χ3v) is 7.14. The van der Waals surface area contributed by atoms with Crippen LogP contribution in [0.4, 0.5) is 15.9 Å². The van der Waals surface area contributed by atoms with Crippen molar-refractivity contribution in [1.82, 2.24) is 9.78 Å². The van der Waals surface area contributed by atoms with Crippen molar-refractivity contribution in [1.29, 1.82) is 0 Å². The highest BCUT2D eigenvalue weighted by Crippen LogP contribution is 2.34. The zero-order chi connectivity index (χ0) is 22.1. The van der Waals surface area contributed by atoms with Crippen LogP contribution in [0.3, 0.4) is 0 Å². The maximum absolute atomic E-state index is 13.2. The average Bonchev–Trinajstić information content (AvgIpc) is 3.00. The molecule has 1 amide bonds. The Bertz CT molecular complexity index is 1210. The van der Waals surface area contributed by atoms with E-state index >= 15 is 0 Å². The van der Waals surface area contributed by atoms with E-state index in [1.165, 1.54) is 0 Å². The van der Waals surface area contributed by atoms with Crippen molar-refractivity contribution in [3.8, 4) is 0 Å². The minimum Gasteiger partial charge on any atom is -0.383 e. The SMILES string of the molecule is CSc1nn(CC(=O)Nc2ccc(C)cc2Cl)c(N)c1S(=O)(=O)c1ccc(F)cc1. The summed E-state index contributed by atoms with van der Waals surface area (Å²) in [6.07, 6.45) is 1.64. The van der Waals surface area contributed by atoms with Crippen LogP contribution in [0, 0.1) is 12.7 Å². The standard InChI is InChI=1S/C19H18ClFN4O3S2/c1-11-3-8-15(14(20)9-11)23-16(26)10-25-18(22)17(19(24-25)29-2)30(27,28)13-6-4-12(21)5-7-13/h3-9H,10,22H2,1-2H3,(H,23,26). The van der Waals surface area contributed by atoms with Crippen molar-refractivity contribution >= 4 is 50.6 Å². The number of thioether (sulfide) groups is 1. The Kier molecular flexibility index (Phi) is 6.39. The van der Waals surface area contributed by atoms with E-state index in [-0.39, 0.29) is 27.2 Å². The van der Waals surface area contributed by atoms with E-state index in [1.54, 1.807) is 24.5 Å². The molecule has 0 atom stereocenters. The zero-order valence-electron chi connectivity index (χ0n) is 16.0. The first kappa shape index (κ1) is 22.1. The van der Waals surface area contributed by atoms with Crippen LogP contribution < -0.4 is 11.1 Å². The first-order valence-electron chi connectivity index (χ1n) is 8.60. The molecular formula is C19H18ClFN4O3S2. The van der Waals surface area contributed by atoms with Gasteiger partial charge in [-0.2, -0.15) is 5.10 Å². The molecule has 0 spiro atoms. The van der Waals surface area contributed by atoms with E-state index in [0.717, 1.165) is 46.3 Å². The van der Waals surface area contributed by atoms with Crippen LogP contribution in [0.1, 0.15) is 5.56 Å². The third kappa shape index (κ3) is 4.45. The number of nitrogens with zero attached hydrogens (tertiary/aromatic N) is 2. The van der Waals surface area contributed by atoms with Gasteiger partial charge in [-0.05, 0) is 55.1 Å². The Morgan fingerprint density at radius 3 is 2.53 bits per heavy atom. The number of benzene rings is 2. The third-order valence-electron chi connectivity index (χ3n) is 4.19. The number of rotatable bonds is 6. The summed E-state index contributed by atoms with van der Waals surface area (Å²) in [5.41, 5.74) is 7.41. The molecule has 1 heterocycles. The molecule has 2 aromatic carbocycles. The lowest BCUT2D eigenvalue weighted by atomic mass is 10.2. The number of carbonyl (C=O) groups excluding carboxylic acids is 1. The van der Waals surface area contributed by atoms with Crippen molar-refractivity contribution in [2.75, 3.05) is 17.3 Å². The van der Waals surface area contributed by atoms with Gasteiger partial charge in [0, 0.05) is 0 Å². The molecule has 3 aromatic rings. The molecular weight excluding hydrogens is 451 g/mol. The molecule has 30 heavy (non-hydrogen) atoms. The van der Waals surface area contributed by atoms with Crippen LogP contribution >= 0.6 is 23.4 Å². The van der Waals surface area contributed by atoms with Crippen molar-refractivity contribution in [3.05, 3.63) is 58.9 Å². The number of carbonyl (C=O) groups is 1. The number of halogens is 2. The van der Waals surface area contributed by atoms with Crippen molar-refractivity contribution in [2.45, 2.75) is 28.3 Å². The van der Waals surface area contributed by atoms with Gasteiger partial charge in [-0.25, -0.2) is 17.5 Å². The summed E-state index contributed by atoms with van der Waals surface area (Å²) in [5, 5.41) is 7.33. The number of aromatic nitrogens is 2. The minimum atomic E-state index is -4.06. The van der Waals surface area contributed by atoms with Crippen LogP contribution in [0.5, 0.6) is 0 Å². The number of anilines is 2. The number of hydrogen-bond acceptors (Lipinski definition) is 6. The van der Waals surface area contributed by atoms with Crippen LogP contribution in [-0.4, -0.2) is 30.4 Å². The second-order valence-corrected chi connectivity index (χ2v) is 9.46. The van der Waals surface area contributed by atoms with E-state index in [2.05, 4.69) is 10.4 Å². The lowest BCUT2D eigenvalue weighted by Crippen LogP contribution is -2.21. The second kappa shape index (κ2) is 8.66. The second-order valence-electron chi connectivity index (χ2n) is 6.37. The van der Waals surface area contributed by atoms with Crippen molar-refractivity contribution < 1.29 is 17.6 Å². The molecule has 0 bridgehead atoms. The summed E-state index contributed by atoms with van der Waals surface area (Å²) < 4.78 is 40.3. The molecule has 3 N–H and O–H groups in total. The lowest BCUT2D eigenvalue weighted by molar-refractivity contribution is -0.116. The first-order valence-corrected chi connectivity index (χ1v) is 11.7. The van der Waals surface area contributed by atoms with E-state index in [4.69, 9.17) is 17.3 Å². The average molecular weight is 469 g/mol. The summed E-state index contributed by atoms with van der Waals surface area (Å²) in [7, 11) is -4.06. The van der Waals surface area contributed by atoms with Gasteiger partial charge < -0.3 is 11.1 Å². The molecule has 11 heteroatoms. The molecule has 7 nitrogen and oxygen atoms in total. The van der Waals surface area contributed by atoms with E-state index < -0.39 is 21.6 Å². The monoisotopic (exact) mass is 468 g/mol. The molecule has 0 saturated carbocycles. The van der Waals surface area contributed by atoms with Crippen molar-refractivity contribution in [2.24, 2.45) is 0 Å². The van der Waals surface area contributed by atoms with Gasteiger partial charge in [0.25, 0.3) is 0 Å². The first-order chi connectivity index (χ1) is 14.1. The normalized spacial score (nSPS) is 11.5. The molecule has 0 radical (unpaired) electrons. The Balaban J connectivity index is 1.91. The van der Waals surface area contributed by atoms with Crippen LogP contribution in [0.15, 0.2) is 57.3 Å². The number of nitrogens with one attached hydrogen (secondary N) is 1. The number of hydrogen-bond donors (Lipinski definition) is 2. The fraction of sp³-hybridized carbons (Fsp3) is 0.158. The summed E-state index contributed by atoms with van der Waals surface area (Å²) in [6, 6.07) is 9.56. The zero-order valence-corrected chi connectivity index (χ0v) is 18.4.